The molecule has 1 aliphatic rings. The lowest BCUT2D eigenvalue weighted by molar-refractivity contribution is -0.120. The molecule has 0 unspecified atom stereocenters. The third kappa shape index (κ3) is 4.52. The molecule has 6 heteroatoms. The van der Waals surface area contributed by atoms with Gasteiger partial charge in [-0.2, -0.15) is 0 Å². The van der Waals surface area contributed by atoms with Gasteiger partial charge in [-0.15, -0.1) is 10.2 Å². The van der Waals surface area contributed by atoms with Gasteiger partial charge in [0.2, 0.25) is 11.0 Å². The average Bonchev–Trinajstić information content (AvgIpc) is 2.99. The van der Waals surface area contributed by atoms with Crippen LogP contribution in [0.25, 0.3) is 0 Å². The van der Waals surface area contributed by atoms with Gasteiger partial charge in [-0.25, -0.2) is 0 Å². The first-order valence-electron chi connectivity index (χ1n) is 7.46. The summed E-state index contributed by atoms with van der Waals surface area (Å²) in [6.45, 7) is 2.17. The number of carbonyl (C=O) groups is 1. The standard InChI is InChI=1S/C14H23N3O2S/c1-2-3-4-7-12-16-17-13(20-12)15-11(18)10-14(19)8-5-6-9-14/h19H,2-10H2,1H3,(H,15,17,18). The van der Waals surface area contributed by atoms with E-state index in [9.17, 15) is 9.90 Å². The van der Waals surface area contributed by atoms with E-state index >= 15 is 0 Å². The molecule has 1 fully saturated rings. The molecule has 1 aromatic heterocycles. The van der Waals surface area contributed by atoms with Crippen LogP contribution < -0.4 is 5.32 Å². The highest BCUT2D eigenvalue weighted by Crippen LogP contribution is 2.32. The fourth-order valence-corrected chi connectivity index (χ4v) is 3.40. The number of rotatable bonds is 7. The van der Waals surface area contributed by atoms with E-state index in [0.717, 1.165) is 43.5 Å². The molecule has 0 aliphatic heterocycles. The summed E-state index contributed by atoms with van der Waals surface area (Å²) in [4.78, 5) is 11.9. The maximum absolute atomic E-state index is 11.9. The van der Waals surface area contributed by atoms with E-state index < -0.39 is 5.60 Å². The number of hydrogen-bond acceptors (Lipinski definition) is 5. The largest absolute Gasteiger partial charge is 0.389 e. The Labute approximate surface area is 123 Å². The zero-order valence-corrected chi connectivity index (χ0v) is 12.8. The summed E-state index contributed by atoms with van der Waals surface area (Å²) in [6.07, 6.45) is 8.02. The SMILES string of the molecule is CCCCCc1nnc(NC(=O)CC2(O)CCCC2)s1. The van der Waals surface area contributed by atoms with E-state index in [1.807, 2.05) is 0 Å². The van der Waals surface area contributed by atoms with Crippen LogP contribution in [0, 0.1) is 0 Å². The number of aryl methyl sites for hydroxylation is 1. The molecule has 20 heavy (non-hydrogen) atoms. The maximum Gasteiger partial charge on any atom is 0.229 e. The highest BCUT2D eigenvalue weighted by atomic mass is 32.1. The molecule has 1 saturated carbocycles. The molecule has 0 spiro atoms. The molecule has 1 heterocycles. The number of carbonyl (C=O) groups excluding carboxylic acids is 1. The predicted octanol–water partition coefficient (Wildman–Crippen LogP) is 2.90. The molecule has 0 saturated heterocycles. The summed E-state index contributed by atoms with van der Waals surface area (Å²) in [5, 5.41) is 22.5. The summed E-state index contributed by atoms with van der Waals surface area (Å²) in [5.74, 6) is -0.161. The van der Waals surface area contributed by atoms with Crippen LogP contribution in [0.5, 0.6) is 0 Å². The van der Waals surface area contributed by atoms with Gasteiger partial charge in [-0.3, -0.25) is 4.79 Å². The molecule has 2 N–H and O–H groups in total. The number of aromatic nitrogens is 2. The average molecular weight is 297 g/mol. The van der Waals surface area contributed by atoms with Gasteiger partial charge in [0.05, 0.1) is 12.0 Å². The highest BCUT2D eigenvalue weighted by Gasteiger charge is 2.33. The smallest absolute Gasteiger partial charge is 0.229 e. The number of unbranched alkanes of at least 4 members (excludes halogenated alkanes) is 2. The zero-order valence-electron chi connectivity index (χ0n) is 12.0. The van der Waals surface area contributed by atoms with Crippen molar-refractivity contribution in [2.24, 2.45) is 0 Å². The molecule has 0 bridgehead atoms. The van der Waals surface area contributed by atoms with Gasteiger partial charge in [-0.1, -0.05) is 43.9 Å². The van der Waals surface area contributed by atoms with Crippen LogP contribution in [0.2, 0.25) is 0 Å². The van der Waals surface area contributed by atoms with Crippen LogP contribution >= 0.6 is 11.3 Å². The minimum atomic E-state index is -0.807. The number of hydrogen-bond donors (Lipinski definition) is 2. The fourth-order valence-electron chi connectivity index (χ4n) is 2.60. The Kier molecular flexibility index (Phi) is 5.48. The lowest BCUT2D eigenvalue weighted by Gasteiger charge is -2.20. The van der Waals surface area contributed by atoms with Crippen molar-refractivity contribution in [2.75, 3.05) is 5.32 Å². The van der Waals surface area contributed by atoms with Gasteiger partial charge < -0.3 is 10.4 Å². The molecule has 1 aliphatic carbocycles. The quantitative estimate of drug-likeness (QED) is 0.759. The Hall–Kier alpha value is -1.01. The first-order chi connectivity index (χ1) is 9.61. The van der Waals surface area contributed by atoms with Crippen molar-refractivity contribution < 1.29 is 9.90 Å². The molecule has 1 amide bonds. The minimum Gasteiger partial charge on any atom is -0.389 e. The lowest BCUT2D eigenvalue weighted by atomic mass is 9.98. The van der Waals surface area contributed by atoms with Gasteiger partial charge >= 0.3 is 0 Å². The Morgan fingerprint density at radius 3 is 2.80 bits per heavy atom. The van der Waals surface area contributed by atoms with Gasteiger partial charge in [0, 0.05) is 6.42 Å². The van der Waals surface area contributed by atoms with Crippen molar-refractivity contribution in [3.63, 3.8) is 0 Å². The van der Waals surface area contributed by atoms with E-state index in [-0.39, 0.29) is 12.3 Å². The van der Waals surface area contributed by atoms with E-state index in [4.69, 9.17) is 0 Å². The minimum absolute atomic E-state index is 0.161. The summed E-state index contributed by atoms with van der Waals surface area (Å²) in [6, 6.07) is 0. The van der Waals surface area contributed by atoms with E-state index in [1.54, 1.807) is 0 Å². The van der Waals surface area contributed by atoms with Crippen molar-refractivity contribution in [1.82, 2.24) is 10.2 Å². The summed E-state index contributed by atoms with van der Waals surface area (Å²) in [7, 11) is 0. The molecule has 0 radical (unpaired) electrons. The van der Waals surface area contributed by atoms with Crippen LogP contribution in [0.4, 0.5) is 5.13 Å². The lowest BCUT2D eigenvalue weighted by Crippen LogP contribution is -2.30. The van der Waals surface area contributed by atoms with Crippen LogP contribution in [0.3, 0.4) is 0 Å². The summed E-state index contributed by atoms with van der Waals surface area (Å²) >= 11 is 1.43. The monoisotopic (exact) mass is 297 g/mol. The zero-order chi connectivity index (χ0) is 14.4. The normalized spacial score (nSPS) is 17.3. The molecule has 0 atom stereocenters. The number of anilines is 1. The van der Waals surface area contributed by atoms with Crippen LogP contribution in [0.1, 0.15) is 63.3 Å². The van der Waals surface area contributed by atoms with Gasteiger partial charge in [0.1, 0.15) is 5.01 Å². The third-order valence-corrected chi connectivity index (χ3v) is 4.63. The van der Waals surface area contributed by atoms with Crippen LogP contribution in [-0.2, 0) is 11.2 Å². The van der Waals surface area contributed by atoms with Crippen LogP contribution in [0.15, 0.2) is 0 Å². The van der Waals surface area contributed by atoms with Crippen molar-refractivity contribution in [2.45, 2.75) is 70.3 Å². The Balaban J connectivity index is 1.79. The molecular weight excluding hydrogens is 274 g/mol. The Morgan fingerprint density at radius 1 is 1.35 bits per heavy atom. The molecular formula is C14H23N3O2S. The highest BCUT2D eigenvalue weighted by molar-refractivity contribution is 7.15. The molecule has 1 aromatic rings. The van der Waals surface area contributed by atoms with E-state index in [0.29, 0.717) is 5.13 Å². The summed E-state index contributed by atoms with van der Waals surface area (Å²) in [5.41, 5.74) is -0.807. The maximum atomic E-state index is 11.9. The molecule has 2 rings (SSSR count). The van der Waals surface area contributed by atoms with Crippen LogP contribution in [-0.4, -0.2) is 26.8 Å². The Bertz CT molecular complexity index is 441. The number of aliphatic hydroxyl groups is 1. The van der Waals surface area contributed by atoms with Crippen molar-refractivity contribution in [1.29, 1.82) is 0 Å². The predicted molar refractivity (Wildman–Crippen MR) is 79.8 cm³/mol. The summed E-state index contributed by atoms with van der Waals surface area (Å²) < 4.78 is 0. The van der Waals surface area contributed by atoms with E-state index in [1.165, 1.54) is 24.2 Å². The number of nitrogens with one attached hydrogen (secondary N) is 1. The van der Waals surface area contributed by atoms with Crippen molar-refractivity contribution >= 4 is 22.4 Å². The third-order valence-electron chi connectivity index (χ3n) is 3.73. The van der Waals surface area contributed by atoms with Crippen molar-refractivity contribution in [3.05, 3.63) is 5.01 Å². The van der Waals surface area contributed by atoms with Crippen molar-refractivity contribution in [3.8, 4) is 0 Å². The number of amides is 1. The molecule has 0 aromatic carbocycles. The first kappa shape index (κ1) is 15.4. The topological polar surface area (TPSA) is 75.1 Å². The number of nitrogens with zero attached hydrogens (tertiary/aromatic N) is 2. The Morgan fingerprint density at radius 2 is 2.10 bits per heavy atom. The second-order valence-electron chi connectivity index (χ2n) is 5.61. The molecule has 5 nitrogen and oxygen atoms in total. The first-order valence-corrected chi connectivity index (χ1v) is 8.27. The van der Waals surface area contributed by atoms with Gasteiger partial charge in [-0.05, 0) is 19.3 Å². The van der Waals surface area contributed by atoms with Gasteiger partial charge in [0.25, 0.3) is 0 Å². The second-order valence-corrected chi connectivity index (χ2v) is 6.68. The fraction of sp³-hybridized carbons (Fsp3) is 0.786. The molecule has 112 valence electrons. The second kappa shape index (κ2) is 7.13. The van der Waals surface area contributed by atoms with Gasteiger partial charge in [0.15, 0.2) is 0 Å². The van der Waals surface area contributed by atoms with E-state index in [2.05, 4.69) is 22.4 Å².